The predicted octanol–water partition coefficient (Wildman–Crippen LogP) is 4.67. The fourth-order valence-electron chi connectivity index (χ4n) is 8.35. The maximum absolute atomic E-state index is 14.2. The summed E-state index contributed by atoms with van der Waals surface area (Å²) in [6.45, 7) is 12.0. The normalized spacial score (nSPS) is 19.6. The molecule has 6 rings (SSSR count). The number of fused-ring (bicyclic) bond motifs is 1. The lowest BCUT2D eigenvalue weighted by atomic mass is 9.98. The highest BCUT2D eigenvalue weighted by molar-refractivity contribution is 5.91. The number of piperidine rings is 2. The standard InChI is InChI=1S/C40H56N6O7.CH4/c1-4-30-25-29(24-28(3)37(30)48)26-35(38(49)44-22-20-43(21-23-44)32-11-15-42(16-12-32)27-36(47)52-5-2)53-40(51)45-17-13-33(14-18-45)46-19-10-31-8-6-7-9-34(31)41-39(46)50;/h6-9,24-25,32-33,35,48H,4-5,10-23,26-27H2,1-3H3,(H,41,50);1H4/t35-;/m1./s1. The Balaban J connectivity index is 0.00000561. The molecule has 0 bridgehead atoms. The van der Waals surface area contributed by atoms with Gasteiger partial charge in [-0.3, -0.25) is 19.4 Å². The number of urea groups is 1. The van der Waals surface area contributed by atoms with Crippen LogP contribution in [-0.2, 0) is 38.3 Å². The van der Waals surface area contributed by atoms with Crippen LogP contribution in [0.15, 0.2) is 36.4 Å². The van der Waals surface area contributed by atoms with Gasteiger partial charge in [0.25, 0.3) is 5.91 Å². The van der Waals surface area contributed by atoms with E-state index in [2.05, 4.69) is 15.1 Å². The molecular formula is C41H60N6O7. The van der Waals surface area contributed by atoms with Crippen molar-refractivity contribution in [3.05, 3.63) is 58.7 Å². The first-order valence-electron chi connectivity index (χ1n) is 19.5. The van der Waals surface area contributed by atoms with Crippen LogP contribution >= 0.6 is 0 Å². The number of esters is 1. The number of hydrogen-bond donors (Lipinski definition) is 2. The number of phenols is 1. The van der Waals surface area contributed by atoms with Crippen LogP contribution in [0.1, 0.15) is 69.2 Å². The van der Waals surface area contributed by atoms with Gasteiger partial charge in [-0.05, 0) is 80.7 Å². The molecule has 54 heavy (non-hydrogen) atoms. The second-order valence-corrected chi connectivity index (χ2v) is 14.8. The number of amides is 4. The third-order valence-corrected chi connectivity index (χ3v) is 11.4. The van der Waals surface area contributed by atoms with Crippen molar-refractivity contribution in [2.24, 2.45) is 0 Å². The average Bonchev–Trinajstić information content (AvgIpc) is 3.34. The number of aromatic hydroxyl groups is 1. The maximum Gasteiger partial charge on any atom is 0.410 e. The van der Waals surface area contributed by atoms with E-state index in [4.69, 9.17) is 9.47 Å². The number of aryl methyl sites for hydroxylation is 2. The molecule has 0 unspecified atom stereocenters. The average molecular weight is 749 g/mol. The highest BCUT2D eigenvalue weighted by Crippen LogP contribution is 2.28. The minimum Gasteiger partial charge on any atom is -0.507 e. The summed E-state index contributed by atoms with van der Waals surface area (Å²) in [5.74, 6) is -0.134. The molecule has 1 atom stereocenters. The largest absolute Gasteiger partial charge is 0.507 e. The van der Waals surface area contributed by atoms with Crippen molar-refractivity contribution in [3.8, 4) is 5.75 Å². The summed E-state index contributed by atoms with van der Waals surface area (Å²) in [6.07, 6.45) is 3.25. The van der Waals surface area contributed by atoms with Gasteiger partial charge in [0.05, 0.1) is 13.2 Å². The smallest absolute Gasteiger partial charge is 0.410 e. The number of nitrogens with one attached hydrogen (secondary N) is 1. The Morgan fingerprint density at radius 1 is 0.889 bits per heavy atom. The van der Waals surface area contributed by atoms with Gasteiger partial charge < -0.3 is 34.6 Å². The number of hydrogen-bond acceptors (Lipinski definition) is 9. The highest BCUT2D eigenvalue weighted by Gasteiger charge is 2.36. The molecule has 2 N–H and O–H groups in total. The zero-order valence-corrected chi connectivity index (χ0v) is 31.6. The number of anilines is 1. The molecule has 4 heterocycles. The summed E-state index contributed by atoms with van der Waals surface area (Å²) >= 11 is 0. The molecule has 4 aliphatic heterocycles. The minimum absolute atomic E-state index is 0. The molecule has 13 nitrogen and oxygen atoms in total. The molecule has 0 aromatic heterocycles. The van der Waals surface area contributed by atoms with Crippen molar-refractivity contribution >= 4 is 29.7 Å². The SMILES string of the molecule is C.CCOC(=O)CN1CCC(N2CCN(C(=O)[C@@H](Cc3cc(C)c(O)c(CC)c3)OC(=O)N3CCC(N4CCc5ccccc5NC4=O)CC3)CC2)CC1. The fourth-order valence-corrected chi connectivity index (χ4v) is 8.35. The summed E-state index contributed by atoms with van der Waals surface area (Å²) in [7, 11) is 0. The molecule has 296 valence electrons. The number of carbonyl (C=O) groups is 4. The van der Waals surface area contributed by atoms with Gasteiger partial charge in [0, 0.05) is 83.1 Å². The van der Waals surface area contributed by atoms with Crippen molar-refractivity contribution in [1.82, 2.24) is 24.5 Å². The summed E-state index contributed by atoms with van der Waals surface area (Å²) < 4.78 is 11.2. The number of carbonyl (C=O) groups excluding carboxylic acids is 4. The number of para-hydroxylation sites is 1. The molecule has 0 saturated carbocycles. The van der Waals surface area contributed by atoms with Gasteiger partial charge in [-0.15, -0.1) is 0 Å². The molecule has 0 aliphatic carbocycles. The van der Waals surface area contributed by atoms with E-state index in [1.54, 1.807) is 4.90 Å². The van der Waals surface area contributed by atoms with Crippen LogP contribution in [0.25, 0.3) is 0 Å². The summed E-state index contributed by atoms with van der Waals surface area (Å²) in [6, 6.07) is 11.9. The number of likely N-dealkylation sites (tertiary alicyclic amines) is 2. The number of nitrogens with zero attached hydrogens (tertiary/aromatic N) is 5. The fraction of sp³-hybridized carbons (Fsp3) is 0.610. The monoisotopic (exact) mass is 748 g/mol. The van der Waals surface area contributed by atoms with Gasteiger partial charge in [-0.2, -0.15) is 0 Å². The van der Waals surface area contributed by atoms with Crippen molar-refractivity contribution in [1.29, 1.82) is 0 Å². The van der Waals surface area contributed by atoms with Gasteiger partial charge in [0.1, 0.15) is 5.75 Å². The van der Waals surface area contributed by atoms with Crippen LogP contribution < -0.4 is 5.32 Å². The van der Waals surface area contributed by atoms with Crippen molar-refractivity contribution in [2.75, 3.05) is 77.4 Å². The molecule has 4 aliphatic rings. The third kappa shape index (κ3) is 9.84. The van der Waals surface area contributed by atoms with Crippen molar-refractivity contribution in [2.45, 2.75) is 91.3 Å². The second kappa shape index (κ2) is 18.8. The molecule has 3 saturated heterocycles. The zero-order chi connectivity index (χ0) is 37.5. The van der Waals surface area contributed by atoms with E-state index in [0.29, 0.717) is 71.2 Å². The lowest BCUT2D eigenvalue weighted by molar-refractivity contribution is -0.144. The maximum atomic E-state index is 14.2. The van der Waals surface area contributed by atoms with Crippen molar-refractivity contribution < 1.29 is 33.8 Å². The summed E-state index contributed by atoms with van der Waals surface area (Å²) in [5, 5.41) is 13.6. The zero-order valence-electron chi connectivity index (χ0n) is 31.6. The van der Waals surface area contributed by atoms with Crippen molar-refractivity contribution in [3.63, 3.8) is 0 Å². The number of piperazine rings is 1. The Kier molecular flexibility index (Phi) is 14.2. The molecular weight excluding hydrogens is 688 g/mol. The molecule has 0 radical (unpaired) electrons. The Morgan fingerprint density at radius 3 is 2.26 bits per heavy atom. The van der Waals surface area contributed by atoms with E-state index in [0.717, 1.165) is 73.4 Å². The lowest BCUT2D eigenvalue weighted by Crippen LogP contribution is -2.57. The van der Waals surface area contributed by atoms with Gasteiger partial charge in [0.2, 0.25) is 0 Å². The van der Waals surface area contributed by atoms with E-state index in [-0.39, 0.29) is 43.5 Å². The number of ether oxygens (including phenoxy) is 2. The Bertz CT molecular complexity index is 1610. The van der Waals surface area contributed by atoms with E-state index < -0.39 is 12.2 Å². The molecule has 0 spiro atoms. The number of rotatable bonds is 10. The first kappa shape index (κ1) is 40.8. The van der Waals surface area contributed by atoms with Crippen LogP contribution in [0.4, 0.5) is 15.3 Å². The van der Waals surface area contributed by atoms with Gasteiger partial charge in [0.15, 0.2) is 6.10 Å². The van der Waals surface area contributed by atoms with Crippen LogP contribution in [0.2, 0.25) is 0 Å². The Morgan fingerprint density at radius 2 is 1.57 bits per heavy atom. The van der Waals surface area contributed by atoms with E-state index in [9.17, 15) is 24.3 Å². The van der Waals surface area contributed by atoms with Crippen LogP contribution in [0, 0.1) is 6.92 Å². The minimum atomic E-state index is -1.01. The molecule has 3 fully saturated rings. The highest BCUT2D eigenvalue weighted by atomic mass is 16.6. The van der Waals surface area contributed by atoms with E-state index in [1.165, 1.54) is 0 Å². The van der Waals surface area contributed by atoms with Gasteiger partial charge in [-0.25, -0.2) is 9.59 Å². The quantitative estimate of drug-likeness (QED) is 0.333. The van der Waals surface area contributed by atoms with Gasteiger partial charge in [-0.1, -0.05) is 44.7 Å². The Labute approximate surface area is 320 Å². The summed E-state index contributed by atoms with van der Waals surface area (Å²) in [5.41, 5.74) is 4.32. The number of phenolic OH excluding ortho intramolecular Hbond substituents is 1. The molecule has 2 aromatic rings. The lowest BCUT2D eigenvalue weighted by Gasteiger charge is -2.43. The third-order valence-electron chi connectivity index (χ3n) is 11.4. The molecule has 13 heteroatoms. The van der Waals surface area contributed by atoms with E-state index >= 15 is 0 Å². The molecule has 2 aromatic carbocycles. The van der Waals surface area contributed by atoms with Crippen LogP contribution in [0.5, 0.6) is 5.75 Å². The first-order chi connectivity index (χ1) is 25.6. The molecule has 4 amide bonds. The van der Waals surface area contributed by atoms with Crippen LogP contribution in [-0.4, -0.2) is 144 Å². The predicted molar refractivity (Wildman–Crippen MR) is 208 cm³/mol. The number of benzene rings is 2. The van der Waals surface area contributed by atoms with E-state index in [1.807, 2.05) is 67.0 Å². The second-order valence-electron chi connectivity index (χ2n) is 14.8. The topological polar surface area (TPSA) is 135 Å². The van der Waals surface area contributed by atoms with Gasteiger partial charge >= 0.3 is 18.1 Å². The Hall–Kier alpha value is -4.36. The van der Waals surface area contributed by atoms with Crippen LogP contribution in [0.3, 0.4) is 0 Å². The summed E-state index contributed by atoms with van der Waals surface area (Å²) in [4.78, 5) is 63.0. The first-order valence-corrected chi connectivity index (χ1v) is 19.5.